The molecule has 0 radical (unpaired) electrons. The first-order valence-corrected chi connectivity index (χ1v) is 11.1. The molecule has 7 nitrogen and oxygen atoms in total. The quantitative estimate of drug-likeness (QED) is 0.676. The molecule has 8 heteroatoms. The number of hydrogen-bond donors (Lipinski definition) is 1. The standard InChI is InChI=1S/C22H24N4O3S/c1-13-5-7-26(8-6-13)22(27)19-14(2)18-20(24-11-25-21(18)30-19)23-10-15-3-4-16-17(9-15)29-12-28-16/h3-4,9,11,13H,5-8,10,12H2,1-2H3,(H,23,24,25). The van der Waals surface area contributed by atoms with Crippen molar-refractivity contribution in [3.63, 3.8) is 0 Å². The van der Waals surface area contributed by atoms with Gasteiger partial charge in [0.2, 0.25) is 6.79 Å². The lowest BCUT2D eigenvalue weighted by Crippen LogP contribution is -2.37. The number of carbonyl (C=O) groups excluding carboxylic acids is 1. The minimum absolute atomic E-state index is 0.115. The molecule has 1 saturated heterocycles. The Hall–Kier alpha value is -2.87. The second-order valence-corrected chi connectivity index (χ2v) is 8.97. The van der Waals surface area contributed by atoms with E-state index in [1.807, 2.05) is 30.0 Å². The van der Waals surface area contributed by atoms with Crippen molar-refractivity contribution in [1.29, 1.82) is 0 Å². The van der Waals surface area contributed by atoms with Crippen LogP contribution >= 0.6 is 11.3 Å². The van der Waals surface area contributed by atoms with Crippen molar-refractivity contribution in [2.45, 2.75) is 33.2 Å². The molecule has 0 aliphatic carbocycles. The molecule has 156 valence electrons. The lowest BCUT2D eigenvalue weighted by molar-refractivity contribution is 0.0701. The van der Waals surface area contributed by atoms with Gasteiger partial charge in [0.05, 0.1) is 10.3 Å². The monoisotopic (exact) mass is 424 g/mol. The van der Waals surface area contributed by atoms with Gasteiger partial charge in [0.1, 0.15) is 17.0 Å². The maximum absolute atomic E-state index is 13.1. The number of aryl methyl sites for hydroxylation is 1. The van der Waals surface area contributed by atoms with Crippen LogP contribution in [-0.2, 0) is 6.54 Å². The zero-order valence-electron chi connectivity index (χ0n) is 17.1. The summed E-state index contributed by atoms with van der Waals surface area (Å²) >= 11 is 1.46. The molecule has 0 unspecified atom stereocenters. The number of likely N-dealkylation sites (tertiary alicyclic amines) is 1. The summed E-state index contributed by atoms with van der Waals surface area (Å²) in [5.74, 6) is 3.09. The lowest BCUT2D eigenvalue weighted by atomic mass is 9.99. The van der Waals surface area contributed by atoms with Gasteiger partial charge < -0.3 is 19.7 Å². The average Bonchev–Trinajstić information content (AvgIpc) is 3.36. The van der Waals surface area contributed by atoms with Gasteiger partial charge in [-0.25, -0.2) is 9.97 Å². The number of nitrogens with zero attached hydrogens (tertiary/aromatic N) is 3. The zero-order chi connectivity index (χ0) is 20.7. The van der Waals surface area contributed by atoms with Crippen LogP contribution in [0.15, 0.2) is 24.5 Å². The van der Waals surface area contributed by atoms with Crippen molar-refractivity contribution in [3.05, 3.63) is 40.5 Å². The van der Waals surface area contributed by atoms with E-state index in [1.54, 1.807) is 6.33 Å². The predicted molar refractivity (Wildman–Crippen MR) is 116 cm³/mol. The number of ether oxygens (including phenoxy) is 2. The molecule has 3 aromatic rings. The fourth-order valence-corrected chi connectivity index (χ4v) is 5.12. The third-order valence-corrected chi connectivity index (χ3v) is 7.08. The van der Waals surface area contributed by atoms with Gasteiger partial charge >= 0.3 is 0 Å². The highest BCUT2D eigenvalue weighted by atomic mass is 32.1. The lowest BCUT2D eigenvalue weighted by Gasteiger charge is -2.30. The topological polar surface area (TPSA) is 76.6 Å². The Morgan fingerprint density at radius 2 is 2.03 bits per heavy atom. The number of anilines is 1. The van der Waals surface area contributed by atoms with Crippen LogP contribution in [0.5, 0.6) is 11.5 Å². The minimum atomic E-state index is 0.115. The smallest absolute Gasteiger partial charge is 0.264 e. The largest absolute Gasteiger partial charge is 0.454 e. The summed E-state index contributed by atoms with van der Waals surface area (Å²) in [5, 5.41) is 4.34. The molecule has 1 amide bonds. The van der Waals surface area contributed by atoms with E-state index >= 15 is 0 Å². The van der Waals surface area contributed by atoms with Crippen LogP contribution in [0.2, 0.25) is 0 Å². The summed E-state index contributed by atoms with van der Waals surface area (Å²) in [7, 11) is 0. The van der Waals surface area contributed by atoms with Gasteiger partial charge in [0.25, 0.3) is 5.91 Å². The van der Waals surface area contributed by atoms with Crippen molar-refractivity contribution in [1.82, 2.24) is 14.9 Å². The number of rotatable bonds is 4. The summed E-state index contributed by atoms with van der Waals surface area (Å²) in [6.07, 6.45) is 3.69. The molecule has 2 aromatic heterocycles. The van der Waals surface area contributed by atoms with Crippen LogP contribution in [0.1, 0.15) is 40.6 Å². The molecule has 0 atom stereocenters. The number of thiophene rings is 1. The minimum Gasteiger partial charge on any atom is -0.454 e. The molecular formula is C22H24N4O3S. The number of fused-ring (bicyclic) bond motifs is 2. The number of amides is 1. The van der Waals surface area contributed by atoms with E-state index in [2.05, 4.69) is 22.2 Å². The third kappa shape index (κ3) is 3.45. The van der Waals surface area contributed by atoms with E-state index in [9.17, 15) is 4.79 Å². The molecule has 1 fully saturated rings. The number of benzene rings is 1. The summed E-state index contributed by atoms with van der Waals surface area (Å²) in [5.41, 5.74) is 2.02. The first-order valence-electron chi connectivity index (χ1n) is 10.3. The number of aromatic nitrogens is 2. The fourth-order valence-electron chi connectivity index (χ4n) is 4.00. The van der Waals surface area contributed by atoms with Crippen molar-refractivity contribution >= 4 is 33.3 Å². The van der Waals surface area contributed by atoms with E-state index in [-0.39, 0.29) is 12.7 Å². The maximum atomic E-state index is 13.1. The number of carbonyl (C=O) groups is 1. The molecule has 5 rings (SSSR count). The molecule has 0 saturated carbocycles. The highest BCUT2D eigenvalue weighted by Gasteiger charge is 2.26. The molecule has 4 heterocycles. The summed E-state index contributed by atoms with van der Waals surface area (Å²) in [6, 6.07) is 5.90. The van der Waals surface area contributed by atoms with Gasteiger partial charge in [-0.2, -0.15) is 0 Å². The Morgan fingerprint density at radius 3 is 2.87 bits per heavy atom. The van der Waals surface area contributed by atoms with Crippen LogP contribution in [0.4, 0.5) is 5.82 Å². The van der Waals surface area contributed by atoms with Gasteiger partial charge in [-0.15, -0.1) is 11.3 Å². The number of nitrogens with one attached hydrogen (secondary N) is 1. The average molecular weight is 425 g/mol. The molecule has 0 bridgehead atoms. The van der Waals surface area contributed by atoms with E-state index < -0.39 is 0 Å². The number of piperidine rings is 1. The molecule has 2 aliphatic rings. The van der Waals surface area contributed by atoms with Gasteiger partial charge in [0.15, 0.2) is 11.5 Å². The molecule has 30 heavy (non-hydrogen) atoms. The normalized spacial score (nSPS) is 16.3. The first-order chi connectivity index (χ1) is 14.6. The van der Waals surface area contributed by atoms with Crippen LogP contribution in [0.3, 0.4) is 0 Å². The fraction of sp³-hybridized carbons (Fsp3) is 0.409. The van der Waals surface area contributed by atoms with Gasteiger partial charge in [-0.05, 0) is 48.9 Å². The second-order valence-electron chi connectivity index (χ2n) is 7.97. The summed E-state index contributed by atoms with van der Waals surface area (Å²) < 4.78 is 10.8. The van der Waals surface area contributed by atoms with E-state index in [1.165, 1.54) is 11.3 Å². The highest BCUT2D eigenvalue weighted by molar-refractivity contribution is 7.20. The SMILES string of the molecule is Cc1c(C(=O)N2CCC(C)CC2)sc2ncnc(NCc3ccc4c(c3)OCO4)c12. The maximum Gasteiger partial charge on any atom is 0.264 e. The van der Waals surface area contributed by atoms with Crippen LogP contribution in [0.25, 0.3) is 10.2 Å². The van der Waals surface area contributed by atoms with Gasteiger partial charge in [-0.3, -0.25) is 4.79 Å². The molecule has 1 N–H and O–H groups in total. The zero-order valence-corrected chi connectivity index (χ0v) is 17.9. The van der Waals surface area contributed by atoms with Crippen molar-refractivity contribution in [2.24, 2.45) is 5.92 Å². The Kier molecular flexibility index (Phi) is 4.94. The summed E-state index contributed by atoms with van der Waals surface area (Å²) in [4.78, 5) is 25.6. The number of hydrogen-bond acceptors (Lipinski definition) is 7. The Morgan fingerprint density at radius 1 is 1.23 bits per heavy atom. The third-order valence-electron chi connectivity index (χ3n) is 5.89. The predicted octanol–water partition coefficient (Wildman–Crippen LogP) is 4.21. The van der Waals surface area contributed by atoms with Crippen molar-refractivity contribution in [2.75, 3.05) is 25.2 Å². The molecular weight excluding hydrogens is 400 g/mol. The Labute approximate surface area is 179 Å². The van der Waals surface area contributed by atoms with Crippen LogP contribution in [0, 0.1) is 12.8 Å². The van der Waals surface area contributed by atoms with Crippen molar-refractivity contribution < 1.29 is 14.3 Å². The van der Waals surface area contributed by atoms with Crippen LogP contribution < -0.4 is 14.8 Å². The van der Waals surface area contributed by atoms with Gasteiger partial charge in [-0.1, -0.05) is 13.0 Å². The van der Waals surface area contributed by atoms with Crippen LogP contribution in [-0.4, -0.2) is 40.7 Å². The van der Waals surface area contributed by atoms with Gasteiger partial charge in [0, 0.05) is 19.6 Å². The Bertz CT molecular complexity index is 1110. The first kappa shape index (κ1) is 19.1. The molecule has 0 spiro atoms. The van der Waals surface area contributed by atoms with E-state index in [4.69, 9.17) is 9.47 Å². The Balaban J connectivity index is 1.39. The van der Waals surface area contributed by atoms with E-state index in [0.717, 1.165) is 69.5 Å². The second kappa shape index (κ2) is 7.75. The van der Waals surface area contributed by atoms with E-state index in [0.29, 0.717) is 12.5 Å². The highest BCUT2D eigenvalue weighted by Crippen LogP contribution is 2.36. The van der Waals surface area contributed by atoms with Crippen molar-refractivity contribution in [3.8, 4) is 11.5 Å². The molecule has 2 aliphatic heterocycles. The molecule has 1 aromatic carbocycles. The summed E-state index contributed by atoms with van der Waals surface area (Å²) in [6.45, 7) is 6.75.